The summed E-state index contributed by atoms with van der Waals surface area (Å²) < 4.78 is 23.2. The monoisotopic (exact) mass is 193 g/mol. The van der Waals surface area contributed by atoms with Gasteiger partial charge in [-0.05, 0) is 12.8 Å². The number of carbonyl (C=O) groups excluding carboxylic acids is 2. The van der Waals surface area contributed by atoms with Crippen LogP contribution in [0.2, 0.25) is 0 Å². The molecule has 0 rings (SSSR count). The Balaban J connectivity index is 3.61. The summed E-state index contributed by atoms with van der Waals surface area (Å²) in [4.78, 5) is 19.6. The van der Waals surface area contributed by atoms with Crippen LogP contribution < -0.4 is 4.72 Å². The number of hydrogen-bond acceptors (Lipinski definition) is 4. The van der Waals surface area contributed by atoms with Crippen LogP contribution in [-0.4, -0.2) is 26.9 Å². The predicted molar refractivity (Wildman–Crippen MR) is 42.9 cm³/mol. The Bertz CT molecular complexity index is 234. The molecule has 0 spiro atoms. The van der Waals surface area contributed by atoms with Crippen molar-refractivity contribution in [3.63, 3.8) is 0 Å². The van der Waals surface area contributed by atoms with Crippen molar-refractivity contribution >= 4 is 22.7 Å². The molecule has 0 bridgehead atoms. The highest BCUT2D eigenvalue weighted by molar-refractivity contribution is 7.89. The van der Waals surface area contributed by atoms with E-state index < -0.39 is 10.0 Å². The van der Waals surface area contributed by atoms with Gasteiger partial charge in [-0.2, -0.15) is 0 Å². The Hall–Kier alpha value is -0.910. The van der Waals surface area contributed by atoms with Gasteiger partial charge in [-0.1, -0.05) is 0 Å². The second-order valence-corrected chi connectivity index (χ2v) is 4.09. The molecule has 5 nitrogen and oxygen atoms in total. The van der Waals surface area contributed by atoms with E-state index in [2.05, 4.69) is 0 Å². The summed E-state index contributed by atoms with van der Waals surface area (Å²) in [6.07, 6.45) is 2.15. The summed E-state index contributed by atoms with van der Waals surface area (Å²) in [5.41, 5.74) is 0. The molecule has 0 radical (unpaired) electrons. The second-order valence-electron chi connectivity index (χ2n) is 2.22. The molecule has 0 saturated heterocycles. The maximum Gasteiger partial charge on any atom is 0.234 e. The van der Waals surface area contributed by atoms with Gasteiger partial charge in [0.05, 0.1) is 5.75 Å². The number of carbonyl (C=O) groups is 2. The molecule has 0 aliphatic heterocycles. The first-order valence-corrected chi connectivity index (χ1v) is 5.15. The number of amides is 1. The lowest BCUT2D eigenvalue weighted by atomic mass is 10.3. The average molecular weight is 193 g/mol. The van der Waals surface area contributed by atoms with Gasteiger partial charge in [0.2, 0.25) is 16.4 Å². The Morgan fingerprint density at radius 1 is 1.17 bits per heavy atom. The van der Waals surface area contributed by atoms with Crippen molar-refractivity contribution in [2.75, 3.05) is 5.75 Å². The number of unbranched alkanes of at least 4 members (excludes halogenated alkanes) is 2. The van der Waals surface area contributed by atoms with Crippen molar-refractivity contribution in [2.24, 2.45) is 0 Å². The van der Waals surface area contributed by atoms with Crippen LogP contribution in [0.15, 0.2) is 0 Å². The van der Waals surface area contributed by atoms with Gasteiger partial charge in [0, 0.05) is 6.42 Å². The molecule has 0 fully saturated rings. The van der Waals surface area contributed by atoms with E-state index >= 15 is 0 Å². The standard InChI is InChI=1S/C6H11NO4S/c8-4-2-1-3-5-12(10,11)7-6-9/h4,6H,1-3,5H2,(H,7,9). The largest absolute Gasteiger partial charge is 0.303 e. The van der Waals surface area contributed by atoms with Gasteiger partial charge < -0.3 is 4.79 Å². The third kappa shape index (κ3) is 5.84. The summed E-state index contributed by atoms with van der Waals surface area (Å²) in [6.45, 7) is 0. The van der Waals surface area contributed by atoms with Crippen LogP contribution in [0.5, 0.6) is 0 Å². The summed E-state index contributed by atoms with van der Waals surface area (Å²) in [5.74, 6) is -0.112. The zero-order valence-electron chi connectivity index (χ0n) is 6.52. The van der Waals surface area contributed by atoms with Crippen LogP contribution in [0.3, 0.4) is 0 Å². The Morgan fingerprint density at radius 2 is 1.83 bits per heavy atom. The van der Waals surface area contributed by atoms with Crippen molar-refractivity contribution in [1.82, 2.24) is 4.72 Å². The molecular formula is C6H11NO4S. The van der Waals surface area contributed by atoms with E-state index in [9.17, 15) is 18.0 Å². The predicted octanol–water partition coefficient (Wildman–Crippen LogP) is -0.569. The first-order chi connectivity index (χ1) is 5.62. The zero-order valence-corrected chi connectivity index (χ0v) is 7.34. The fraction of sp³-hybridized carbons (Fsp3) is 0.667. The highest BCUT2D eigenvalue weighted by atomic mass is 32.2. The quantitative estimate of drug-likeness (QED) is 0.434. The van der Waals surface area contributed by atoms with Crippen molar-refractivity contribution in [1.29, 1.82) is 0 Å². The van der Waals surface area contributed by atoms with Crippen LogP contribution in [0.1, 0.15) is 19.3 Å². The molecule has 0 saturated carbocycles. The Labute approximate surface area is 71.2 Å². The van der Waals surface area contributed by atoms with Gasteiger partial charge in [0.1, 0.15) is 6.29 Å². The maximum atomic E-state index is 10.8. The van der Waals surface area contributed by atoms with E-state index in [1.807, 2.05) is 0 Å². The van der Waals surface area contributed by atoms with Crippen LogP contribution in [0.4, 0.5) is 0 Å². The molecule has 0 heterocycles. The third-order valence-electron chi connectivity index (χ3n) is 1.21. The Morgan fingerprint density at radius 3 is 2.33 bits per heavy atom. The third-order valence-corrected chi connectivity index (χ3v) is 2.49. The number of rotatable bonds is 7. The lowest BCUT2D eigenvalue weighted by Crippen LogP contribution is -2.24. The van der Waals surface area contributed by atoms with E-state index in [0.29, 0.717) is 19.3 Å². The molecule has 0 aromatic rings. The minimum absolute atomic E-state index is 0.112. The molecule has 0 aromatic heterocycles. The van der Waals surface area contributed by atoms with E-state index in [0.717, 1.165) is 6.29 Å². The van der Waals surface area contributed by atoms with E-state index in [1.54, 1.807) is 4.72 Å². The minimum atomic E-state index is -3.45. The van der Waals surface area contributed by atoms with Crippen LogP contribution >= 0.6 is 0 Å². The molecule has 0 atom stereocenters. The molecule has 12 heavy (non-hydrogen) atoms. The number of hydrogen-bond donors (Lipinski definition) is 1. The van der Waals surface area contributed by atoms with Gasteiger partial charge in [-0.3, -0.25) is 9.52 Å². The normalized spacial score (nSPS) is 10.7. The molecule has 1 amide bonds. The number of sulfonamides is 1. The van der Waals surface area contributed by atoms with Crippen LogP contribution in [0, 0.1) is 0 Å². The molecule has 0 unspecified atom stereocenters. The van der Waals surface area contributed by atoms with Crippen LogP contribution in [-0.2, 0) is 19.6 Å². The van der Waals surface area contributed by atoms with Crippen molar-refractivity contribution in [3.05, 3.63) is 0 Å². The zero-order chi connectivity index (χ0) is 9.45. The number of aldehydes is 1. The van der Waals surface area contributed by atoms with E-state index in [4.69, 9.17) is 0 Å². The van der Waals surface area contributed by atoms with Crippen LogP contribution in [0.25, 0.3) is 0 Å². The molecule has 0 aliphatic carbocycles. The molecule has 70 valence electrons. The molecule has 0 aliphatic rings. The maximum absolute atomic E-state index is 10.8. The summed E-state index contributed by atoms with van der Waals surface area (Å²) in [6, 6.07) is 0. The van der Waals surface area contributed by atoms with E-state index in [-0.39, 0.29) is 12.2 Å². The topological polar surface area (TPSA) is 80.3 Å². The van der Waals surface area contributed by atoms with Crippen molar-refractivity contribution < 1.29 is 18.0 Å². The van der Waals surface area contributed by atoms with Gasteiger partial charge in [-0.15, -0.1) is 0 Å². The number of nitrogens with one attached hydrogen (secondary N) is 1. The highest BCUT2D eigenvalue weighted by Crippen LogP contribution is 1.95. The van der Waals surface area contributed by atoms with E-state index in [1.165, 1.54) is 0 Å². The highest BCUT2D eigenvalue weighted by Gasteiger charge is 2.06. The first-order valence-electron chi connectivity index (χ1n) is 3.49. The van der Waals surface area contributed by atoms with Gasteiger partial charge in [0.15, 0.2) is 0 Å². The minimum Gasteiger partial charge on any atom is -0.303 e. The first kappa shape index (κ1) is 11.1. The molecule has 6 heteroatoms. The summed E-state index contributed by atoms with van der Waals surface area (Å²) >= 11 is 0. The van der Waals surface area contributed by atoms with Gasteiger partial charge in [-0.25, -0.2) is 8.42 Å². The molecule has 1 N–H and O–H groups in total. The molecule has 0 aromatic carbocycles. The van der Waals surface area contributed by atoms with Gasteiger partial charge in [0.25, 0.3) is 0 Å². The summed E-state index contributed by atoms with van der Waals surface area (Å²) in [5, 5.41) is 0. The SMILES string of the molecule is O=CCCCCS(=O)(=O)NC=O. The molecular weight excluding hydrogens is 182 g/mol. The van der Waals surface area contributed by atoms with Gasteiger partial charge >= 0.3 is 0 Å². The van der Waals surface area contributed by atoms with Crippen molar-refractivity contribution in [3.8, 4) is 0 Å². The Kier molecular flexibility index (Phi) is 5.27. The average Bonchev–Trinajstić information content (AvgIpc) is 1.98. The lowest BCUT2D eigenvalue weighted by Gasteiger charge is -1.99. The van der Waals surface area contributed by atoms with Crippen molar-refractivity contribution in [2.45, 2.75) is 19.3 Å². The lowest BCUT2D eigenvalue weighted by molar-refractivity contribution is -0.108. The second kappa shape index (κ2) is 5.70. The fourth-order valence-corrected chi connectivity index (χ4v) is 1.50. The smallest absolute Gasteiger partial charge is 0.234 e. The summed E-state index contributed by atoms with van der Waals surface area (Å²) in [7, 11) is -3.45. The fourth-order valence-electron chi connectivity index (χ4n) is 0.652.